The Hall–Kier alpha value is -3.71. The molecule has 0 aliphatic carbocycles. The van der Waals surface area contributed by atoms with E-state index in [1.807, 2.05) is 36.4 Å². The lowest BCUT2D eigenvalue weighted by Gasteiger charge is -2.36. The van der Waals surface area contributed by atoms with Gasteiger partial charge in [-0.2, -0.15) is 0 Å². The molecule has 168 valence electrons. The summed E-state index contributed by atoms with van der Waals surface area (Å²) < 4.78 is 19.8. The minimum atomic E-state index is -0.448. The van der Waals surface area contributed by atoms with Gasteiger partial charge in [-0.25, -0.2) is 9.38 Å². The fourth-order valence-corrected chi connectivity index (χ4v) is 4.15. The van der Waals surface area contributed by atoms with E-state index in [-0.39, 0.29) is 11.5 Å². The van der Waals surface area contributed by atoms with Crippen molar-refractivity contribution in [3.05, 3.63) is 83.7 Å². The second-order valence-electron chi connectivity index (χ2n) is 8.10. The zero-order chi connectivity index (χ0) is 22.8. The molecular formula is C26H25FN4O2. The second-order valence-corrected chi connectivity index (χ2v) is 8.10. The van der Waals surface area contributed by atoms with E-state index in [2.05, 4.69) is 22.0 Å². The first-order valence-electron chi connectivity index (χ1n) is 11.1. The topological polar surface area (TPSA) is 57.2 Å². The van der Waals surface area contributed by atoms with E-state index >= 15 is 0 Å². The number of nitrogens with zero attached hydrogens (tertiary/aromatic N) is 3. The average molecular weight is 445 g/mol. The van der Waals surface area contributed by atoms with Crippen LogP contribution in [0, 0.1) is 5.82 Å². The minimum Gasteiger partial charge on any atom is -0.454 e. The van der Waals surface area contributed by atoms with Gasteiger partial charge in [0.05, 0.1) is 5.56 Å². The lowest BCUT2D eigenvalue weighted by Crippen LogP contribution is -2.48. The van der Waals surface area contributed by atoms with E-state index in [0.29, 0.717) is 17.2 Å². The summed E-state index contributed by atoms with van der Waals surface area (Å²) in [5.74, 6) is 1.38. The van der Waals surface area contributed by atoms with Crippen LogP contribution in [0.4, 0.5) is 15.8 Å². The summed E-state index contributed by atoms with van der Waals surface area (Å²) in [5.41, 5.74) is 2.44. The number of para-hydroxylation sites is 2. The number of rotatable bonds is 3. The number of likely N-dealkylation sites (N-methyl/N-ethyl adjacent to an activating group) is 1. The Morgan fingerprint density at radius 2 is 1.82 bits per heavy atom. The first-order valence-corrected chi connectivity index (χ1v) is 11.1. The van der Waals surface area contributed by atoms with Gasteiger partial charge in [0.2, 0.25) is 0 Å². The molecule has 1 amide bonds. The number of carbonyl (C=O) groups excluding carboxylic acids is 1. The molecule has 0 bridgehead atoms. The van der Waals surface area contributed by atoms with Crippen molar-refractivity contribution in [2.45, 2.75) is 6.92 Å². The summed E-state index contributed by atoms with van der Waals surface area (Å²) in [4.78, 5) is 22.3. The number of amides is 1. The van der Waals surface area contributed by atoms with Gasteiger partial charge in [0, 0.05) is 37.4 Å². The Bertz CT molecular complexity index is 1220. The first-order chi connectivity index (χ1) is 16.1. The Balaban J connectivity index is 1.50. The number of fused-ring (bicyclic) bond motifs is 2. The second kappa shape index (κ2) is 9.03. The van der Waals surface area contributed by atoms with E-state index < -0.39 is 5.82 Å². The highest BCUT2D eigenvalue weighted by atomic mass is 19.1. The normalized spacial score (nSPS) is 15.6. The zero-order valence-electron chi connectivity index (χ0n) is 18.4. The molecule has 0 atom stereocenters. The number of hydrogen-bond acceptors (Lipinski definition) is 5. The summed E-state index contributed by atoms with van der Waals surface area (Å²) in [6.45, 7) is 6.83. The Labute approximate surface area is 192 Å². The molecule has 1 N–H and O–H groups in total. The van der Waals surface area contributed by atoms with Crippen LogP contribution in [0.15, 0.2) is 71.7 Å². The average Bonchev–Trinajstić information content (AvgIpc) is 3.00. The van der Waals surface area contributed by atoms with Crippen molar-refractivity contribution >= 4 is 23.1 Å². The van der Waals surface area contributed by atoms with Crippen LogP contribution in [0.3, 0.4) is 0 Å². The maximum absolute atomic E-state index is 13.6. The molecule has 33 heavy (non-hydrogen) atoms. The van der Waals surface area contributed by atoms with Gasteiger partial charge in [-0.15, -0.1) is 0 Å². The maximum atomic E-state index is 13.6. The van der Waals surface area contributed by atoms with Gasteiger partial charge in [-0.3, -0.25) is 4.79 Å². The van der Waals surface area contributed by atoms with Crippen LogP contribution in [0.2, 0.25) is 0 Å². The molecule has 3 aromatic carbocycles. The summed E-state index contributed by atoms with van der Waals surface area (Å²) in [6, 6.07) is 18.9. The van der Waals surface area contributed by atoms with Crippen molar-refractivity contribution in [2.24, 2.45) is 4.99 Å². The van der Waals surface area contributed by atoms with Gasteiger partial charge in [-0.05, 0) is 55.1 Å². The number of aliphatic imine (C=N–C) groups is 1. The summed E-state index contributed by atoms with van der Waals surface area (Å²) in [6.07, 6.45) is 0. The maximum Gasteiger partial charge on any atom is 0.255 e. The number of benzene rings is 3. The molecule has 6 nitrogen and oxygen atoms in total. The summed E-state index contributed by atoms with van der Waals surface area (Å²) >= 11 is 0. The molecule has 3 aromatic rings. The molecule has 0 spiro atoms. The van der Waals surface area contributed by atoms with Gasteiger partial charge >= 0.3 is 0 Å². The van der Waals surface area contributed by atoms with Crippen LogP contribution < -0.4 is 10.1 Å². The number of halogens is 1. The van der Waals surface area contributed by atoms with E-state index in [0.717, 1.165) is 49.8 Å². The lowest BCUT2D eigenvalue weighted by atomic mass is 10.1. The molecule has 0 radical (unpaired) electrons. The van der Waals surface area contributed by atoms with Gasteiger partial charge in [-0.1, -0.05) is 25.1 Å². The Kier molecular flexibility index (Phi) is 5.79. The highest BCUT2D eigenvalue weighted by Crippen LogP contribution is 2.39. The number of nitrogens with one attached hydrogen (secondary N) is 1. The molecule has 0 saturated carbocycles. The predicted octanol–water partition coefficient (Wildman–Crippen LogP) is 4.90. The van der Waals surface area contributed by atoms with E-state index in [1.54, 1.807) is 12.1 Å². The zero-order valence-corrected chi connectivity index (χ0v) is 18.4. The highest BCUT2D eigenvalue weighted by Gasteiger charge is 2.26. The molecule has 5 rings (SSSR count). The molecular weight excluding hydrogens is 419 g/mol. The van der Waals surface area contributed by atoms with E-state index in [4.69, 9.17) is 9.73 Å². The predicted molar refractivity (Wildman–Crippen MR) is 127 cm³/mol. The van der Waals surface area contributed by atoms with Crippen LogP contribution in [-0.4, -0.2) is 54.3 Å². The number of hydrogen-bond donors (Lipinski definition) is 1. The third-order valence-electron chi connectivity index (χ3n) is 6.00. The number of ether oxygens (including phenoxy) is 1. The van der Waals surface area contributed by atoms with Crippen molar-refractivity contribution in [3.63, 3.8) is 0 Å². The van der Waals surface area contributed by atoms with Crippen LogP contribution in [0.25, 0.3) is 0 Å². The standard InChI is InChI=1S/C26H25FN4O2/c1-2-30-12-14-31(15-13-30)25-21-17-20(28-26(32)18-6-5-7-19(27)16-18)10-11-23(21)33-24-9-4-3-8-22(24)29-25/h3-11,16-17H,2,12-15H2,1H3,(H,28,32). The number of piperazine rings is 1. The summed E-state index contributed by atoms with van der Waals surface area (Å²) in [5, 5.41) is 2.87. The van der Waals surface area contributed by atoms with E-state index in [9.17, 15) is 9.18 Å². The number of carbonyl (C=O) groups is 1. The third kappa shape index (κ3) is 4.45. The van der Waals surface area contributed by atoms with E-state index in [1.165, 1.54) is 18.2 Å². The fourth-order valence-electron chi connectivity index (χ4n) is 4.15. The fraction of sp³-hybridized carbons (Fsp3) is 0.231. The monoisotopic (exact) mass is 444 g/mol. The summed E-state index contributed by atoms with van der Waals surface area (Å²) in [7, 11) is 0. The number of anilines is 1. The molecule has 2 aliphatic heterocycles. The van der Waals surface area contributed by atoms with Gasteiger partial charge in [0.25, 0.3) is 5.91 Å². The SMILES string of the molecule is CCN1CCN(C2=Nc3ccccc3Oc3ccc(NC(=O)c4cccc(F)c4)cc32)CC1. The van der Waals surface area contributed by atoms with Crippen molar-refractivity contribution in [2.75, 3.05) is 38.0 Å². The molecule has 2 aliphatic rings. The molecule has 7 heteroatoms. The van der Waals surface area contributed by atoms with Gasteiger partial charge in [0.15, 0.2) is 5.75 Å². The van der Waals surface area contributed by atoms with Crippen LogP contribution in [0.5, 0.6) is 11.5 Å². The number of amidine groups is 1. The van der Waals surface area contributed by atoms with Crippen molar-refractivity contribution in [1.82, 2.24) is 9.80 Å². The third-order valence-corrected chi connectivity index (χ3v) is 6.00. The van der Waals surface area contributed by atoms with Gasteiger partial charge < -0.3 is 19.9 Å². The molecule has 2 heterocycles. The van der Waals surface area contributed by atoms with Crippen LogP contribution in [-0.2, 0) is 0 Å². The Morgan fingerprint density at radius 1 is 1.00 bits per heavy atom. The first kappa shape index (κ1) is 21.2. The Morgan fingerprint density at radius 3 is 2.61 bits per heavy atom. The van der Waals surface area contributed by atoms with Gasteiger partial charge in [0.1, 0.15) is 23.1 Å². The van der Waals surface area contributed by atoms with Crippen LogP contribution in [0.1, 0.15) is 22.8 Å². The minimum absolute atomic E-state index is 0.262. The largest absolute Gasteiger partial charge is 0.454 e. The smallest absolute Gasteiger partial charge is 0.255 e. The lowest BCUT2D eigenvalue weighted by molar-refractivity contribution is 0.102. The quantitative estimate of drug-likeness (QED) is 0.624. The van der Waals surface area contributed by atoms with Crippen molar-refractivity contribution in [3.8, 4) is 11.5 Å². The van der Waals surface area contributed by atoms with Crippen molar-refractivity contribution in [1.29, 1.82) is 0 Å². The molecule has 1 saturated heterocycles. The molecule has 1 fully saturated rings. The van der Waals surface area contributed by atoms with Crippen LogP contribution >= 0.6 is 0 Å². The molecule has 0 unspecified atom stereocenters. The molecule has 0 aromatic heterocycles. The highest BCUT2D eigenvalue weighted by molar-refractivity contribution is 6.07. The van der Waals surface area contributed by atoms with Crippen molar-refractivity contribution < 1.29 is 13.9 Å².